The van der Waals surface area contributed by atoms with Crippen molar-refractivity contribution in [3.05, 3.63) is 52.7 Å². The summed E-state index contributed by atoms with van der Waals surface area (Å²) in [6.45, 7) is 5.92. The van der Waals surface area contributed by atoms with Gasteiger partial charge in [0.2, 0.25) is 0 Å². The highest BCUT2D eigenvalue weighted by molar-refractivity contribution is 7.92. The van der Waals surface area contributed by atoms with E-state index >= 15 is 0 Å². The second-order valence-corrected chi connectivity index (χ2v) is 6.75. The maximum absolute atomic E-state index is 12.4. The summed E-state index contributed by atoms with van der Waals surface area (Å²) in [6, 6.07) is 8.50. The Morgan fingerprint density at radius 1 is 1.14 bits per heavy atom. The van der Waals surface area contributed by atoms with Crippen molar-refractivity contribution in [2.45, 2.75) is 32.2 Å². The average molecular weight is 305 g/mol. The van der Waals surface area contributed by atoms with Crippen molar-refractivity contribution in [2.24, 2.45) is 5.73 Å². The van der Waals surface area contributed by atoms with Gasteiger partial charge < -0.3 is 5.73 Å². The fraction of sp³-hybridized carbons (Fsp3) is 0.267. The van der Waals surface area contributed by atoms with Crippen molar-refractivity contribution in [3.8, 4) is 0 Å². The van der Waals surface area contributed by atoms with Crippen LogP contribution in [0.15, 0.2) is 35.2 Å². The minimum atomic E-state index is -3.66. The maximum atomic E-state index is 12.4. The average Bonchev–Trinajstić information content (AvgIpc) is 2.37. The van der Waals surface area contributed by atoms with E-state index in [0.29, 0.717) is 12.4 Å². The highest BCUT2D eigenvalue weighted by atomic mass is 32.2. The van der Waals surface area contributed by atoms with Crippen LogP contribution in [0.2, 0.25) is 0 Å². The van der Waals surface area contributed by atoms with Crippen LogP contribution in [0.5, 0.6) is 0 Å². The SMILES string of the molecule is Cc1cc(C)nc(NS(=O)(=O)c2ccc(C)c(CN)c2)c1. The smallest absolute Gasteiger partial charge is 0.263 e. The number of nitrogens with one attached hydrogen (secondary N) is 1. The van der Waals surface area contributed by atoms with Gasteiger partial charge in [-0.2, -0.15) is 0 Å². The van der Waals surface area contributed by atoms with Crippen LogP contribution < -0.4 is 10.5 Å². The van der Waals surface area contributed by atoms with Crippen LogP contribution in [-0.2, 0) is 16.6 Å². The number of aromatic nitrogens is 1. The fourth-order valence-electron chi connectivity index (χ4n) is 2.13. The lowest BCUT2D eigenvalue weighted by atomic mass is 10.1. The van der Waals surface area contributed by atoms with E-state index in [1.165, 1.54) is 0 Å². The van der Waals surface area contributed by atoms with Gasteiger partial charge in [0.05, 0.1) is 4.90 Å². The Bertz CT molecular complexity index is 750. The summed E-state index contributed by atoms with van der Waals surface area (Å²) in [7, 11) is -3.66. The summed E-state index contributed by atoms with van der Waals surface area (Å²) in [4.78, 5) is 4.38. The van der Waals surface area contributed by atoms with Crippen molar-refractivity contribution < 1.29 is 8.42 Å². The Labute approximate surface area is 125 Å². The standard InChI is InChI=1S/C15H19N3O2S/c1-10-6-12(3)17-15(7-10)18-21(19,20)14-5-4-11(2)13(8-14)9-16/h4-8H,9,16H2,1-3H3,(H,17,18). The Morgan fingerprint density at radius 3 is 2.48 bits per heavy atom. The second-order valence-electron chi connectivity index (χ2n) is 5.07. The fourth-order valence-corrected chi connectivity index (χ4v) is 3.17. The zero-order valence-electron chi connectivity index (χ0n) is 12.3. The molecule has 21 heavy (non-hydrogen) atoms. The molecule has 0 atom stereocenters. The van der Waals surface area contributed by atoms with Gasteiger partial charge in [-0.15, -0.1) is 0 Å². The first-order chi connectivity index (χ1) is 9.81. The van der Waals surface area contributed by atoms with Crippen LogP contribution in [0, 0.1) is 20.8 Å². The van der Waals surface area contributed by atoms with Crippen LogP contribution in [0.25, 0.3) is 0 Å². The highest BCUT2D eigenvalue weighted by Gasteiger charge is 2.16. The van der Waals surface area contributed by atoms with E-state index in [0.717, 1.165) is 22.4 Å². The molecule has 5 nitrogen and oxygen atoms in total. The van der Waals surface area contributed by atoms with Gasteiger partial charge in [-0.3, -0.25) is 4.72 Å². The molecule has 1 heterocycles. The summed E-state index contributed by atoms with van der Waals surface area (Å²) in [5.41, 5.74) is 9.13. The zero-order valence-corrected chi connectivity index (χ0v) is 13.2. The maximum Gasteiger partial charge on any atom is 0.263 e. The molecule has 2 rings (SSSR count). The first-order valence-corrected chi connectivity index (χ1v) is 8.08. The number of sulfonamides is 1. The van der Waals surface area contributed by atoms with Crippen LogP contribution in [-0.4, -0.2) is 13.4 Å². The van der Waals surface area contributed by atoms with Crippen molar-refractivity contribution in [1.82, 2.24) is 4.98 Å². The third-order valence-electron chi connectivity index (χ3n) is 3.19. The van der Waals surface area contributed by atoms with Crippen molar-refractivity contribution in [3.63, 3.8) is 0 Å². The van der Waals surface area contributed by atoms with Crippen LogP contribution in [0.4, 0.5) is 5.82 Å². The van der Waals surface area contributed by atoms with Gasteiger partial charge in [-0.1, -0.05) is 6.07 Å². The Kier molecular flexibility index (Phi) is 4.29. The predicted octanol–water partition coefficient (Wildman–Crippen LogP) is 2.27. The van der Waals surface area contributed by atoms with Gasteiger partial charge in [-0.25, -0.2) is 13.4 Å². The minimum absolute atomic E-state index is 0.189. The number of hydrogen-bond acceptors (Lipinski definition) is 4. The third-order valence-corrected chi connectivity index (χ3v) is 4.54. The third kappa shape index (κ3) is 3.59. The molecule has 0 amide bonds. The van der Waals surface area contributed by atoms with Crippen molar-refractivity contribution in [2.75, 3.05) is 4.72 Å². The number of anilines is 1. The molecule has 0 aliphatic heterocycles. The summed E-state index contributed by atoms with van der Waals surface area (Å²) in [5.74, 6) is 0.322. The van der Waals surface area contributed by atoms with E-state index in [2.05, 4.69) is 9.71 Å². The van der Waals surface area contributed by atoms with Gasteiger partial charge in [0.25, 0.3) is 10.0 Å². The lowest BCUT2D eigenvalue weighted by Crippen LogP contribution is -2.15. The topological polar surface area (TPSA) is 85.1 Å². The van der Waals surface area contributed by atoms with Gasteiger partial charge in [-0.05, 0) is 61.7 Å². The minimum Gasteiger partial charge on any atom is -0.326 e. The number of pyridine rings is 1. The van der Waals surface area contributed by atoms with E-state index in [9.17, 15) is 8.42 Å². The van der Waals surface area contributed by atoms with Crippen molar-refractivity contribution >= 4 is 15.8 Å². The first kappa shape index (κ1) is 15.5. The summed E-state index contributed by atoms with van der Waals surface area (Å²) in [6.07, 6.45) is 0. The van der Waals surface area contributed by atoms with Gasteiger partial charge in [0.15, 0.2) is 0 Å². The van der Waals surface area contributed by atoms with Gasteiger partial charge in [0.1, 0.15) is 5.82 Å². The Hall–Kier alpha value is -1.92. The number of hydrogen-bond donors (Lipinski definition) is 2. The molecule has 0 unspecified atom stereocenters. The molecule has 0 radical (unpaired) electrons. The van der Waals surface area contributed by atoms with E-state index in [1.807, 2.05) is 26.8 Å². The number of aryl methyl sites for hydroxylation is 3. The Balaban J connectivity index is 2.38. The highest BCUT2D eigenvalue weighted by Crippen LogP contribution is 2.19. The molecule has 0 aliphatic carbocycles. The van der Waals surface area contributed by atoms with E-state index in [4.69, 9.17) is 5.73 Å². The van der Waals surface area contributed by atoms with E-state index < -0.39 is 10.0 Å². The van der Waals surface area contributed by atoms with Crippen LogP contribution in [0.1, 0.15) is 22.4 Å². The molecule has 1 aromatic carbocycles. The number of nitrogens with zero attached hydrogens (tertiary/aromatic N) is 1. The number of benzene rings is 1. The van der Waals surface area contributed by atoms with Gasteiger partial charge >= 0.3 is 0 Å². The molecule has 2 aromatic rings. The lowest BCUT2D eigenvalue weighted by Gasteiger charge is -2.11. The quantitative estimate of drug-likeness (QED) is 0.907. The van der Waals surface area contributed by atoms with Crippen LogP contribution in [0.3, 0.4) is 0 Å². The first-order valence-electron chi connectivity index (χ1n) is 6.59. The molecular formula is C15H19N3O2S. The zero-order chi connectivity index (χ0) is 15.6. The molecule has 1 aromatic heterocycles. The molecule has 0 saturated heterocycles. The summed E-state index contributed by atoms with van der Waals surface area (Å²) >= 11 is 0. The molecule has 0 bridgehead atoms. The summed E-state index contributed by atoms with van der Waals surface area (Å²) in [5, 5.41) is 0. The molecule has 0 saturated carbocycles. The predicted molar refractivity (Wildman–Crippen MR) is 83.6 cm³/mol. The molecule has 0 spiro atoms. The molecular weight excluding hydrogens is 286 g/mol. The monoisotopic (exact) mass is 305 g/mol. The molecule has 3 N–H and O–H groups in total. The molecule has 6 heteroatoms. The van der Waals surface area contributed by atoms with Crippen molar-refractivity contribution in [1.29, 1.82) is 0 Å². The molecule has 0 aliphatic rings. The van der Waals surface area contributed by atoms with Crippen LogP contribution >= 0.6 is 0 Å². The van der Waals surface area contributed by atoms with E-state index in [1.54, 1.807) is 24.3 Å². The normalized spacial score (nSPS) is 11.4. The Morgan fingerprint density at radius 2 is 1.86 bits per heavy atom. The van der Waals surface area contributed by atoms with E-state index in [-0.39, 0.29) is 4.90 Å². The summed E-state index contributed by atoms with van der Waals surface area (Å²) < 4.78 is 27.3. The molecule has 0 fully saturated rings. The lowest BCUT2D eigenvalue weighted by molar-refractivity contribution is 0.601. The largest absolute Gasteiger partial charge is 0.326 e. The number of nitrogens with two attached hydrogens (primary N) is 1. The number of rotatable bonds is 4. The molecule has 112 valence electrons. The second kappa shape index (κ2) is 5.83. The van der Waals surface area contributed by atoms with Gasteiger partial charge in [0, 0.05) is 12.2 Å².